The molecule has 0 radical (unpaired) electrons. The van der Waals surface area contributed by atoms with Crippen molar-refractivity contribution in [2.75, 3.05) is 0 Å². The fraction of sp³-hybridized carbons (Fsp3) is 0.0968. The first-order valence-electron chi connectivity index (χ1n) is 11.7. The lowest BCUT2D eigenvalue weighted by atomic mass is 9.71. The van der Waals surface area contributed by atoms with Gasteiger partial charge in [0.05, 0.1) is 10.3 Å². The minimum atomic E-state index is -0.475. The van der Waals surface area contributed by atoms with E-state index in [2.05, 4.69) is 78.9 Å². The molecule has 5 aromatic rings. The maximum absolute atomic E-state index is 11.4. The van der Waals surface area contributed by atoms with Crippen molar-refractivity contribution in [2.45, 2.75) is 17.8 Å². The molecular weight excluding hydrogens is 434 g/mol. The second-order valence-electron chi connectivity index (χ2n) is 9.01. The van der Waals surface area contributed by atoms with Crippen LogP contribution in [0.5, 0.6) is 0 Å². The number of non-ortho nitro benzene ring substituents is 1. The number of nitrogens with zero attached hydrogens (tertiary/aromatic N) is 1. The number of furan rings is 1. The highest BCUT2D eigenvalue weighted by molar-refractivity contribution is 5.66. The lowest BCUT2D eigenvalue weighted by Gasteiger charge is -2.31. The summed E-state index contributed by atoms with van der Waals surface area (Å²) in [4.78, 5) is 11.0. The minimum absolute atomic E-state index is 0.0519. The average Bonchev–Trinajstić information content (AvgIpc) is 3.49. The molecule has 0 saturated carbocycles. The van der Waals surface area contributed by atoms with Crippen molar-refractivity contribution in [3.63, 3.8) is 0 Å². The monoisotopic (exact) mass is 457 g/mol. The molecule has 1 heterocycles. The standard InChI is InChI=1S/C31H23NO3/c33-32(34)26-18-10-13-23(19-26)29-20-27-28(22-11-4-1-5-12-22)21-31(30(27)35-29,24-14-6-2-7-15-24)25-16-8-3-9-17-25/h1-20,28H,21H2. The highest BCUT2D eigenvalue weighted by Gasteiger charge is 2.50. The fourth-order valence-electron chi connectivity index (χ4n) is 5.51. The van der Waals surface area contributed by atoms with Gasteiger partial charge in [-0.3, -0.25) is 10.1 Å². The molecule has 1 aliphatic rings. The summed E-state index contributed by atoms with van der Waals surface area (Å²) in [5.74, 6) is 1.68. The maximum Gasteiger partial charge on any atom is 0.270 e. The second-order valence-corrected chi connectivity index (χ2v) is 9.01. The van der Waals surface area contributed by atoms with Gasteiger partial charge in [0.15, 0.2) is 0 Å². The van der Waals surface area contributed by atoms with Gasteiger partial charge in [-0.1, -0.05) is 103 Å². The van der Waals surface area contributed by atoms with Gasteiger partial charge in [0, 0.05) is 29.2 Å². The first-order valence-corrected chi connectivity index (χ1v) is 11.7. The Morgan fingerprint density at radius 1 is 0.743 bits per heavy atom. The van der Waals surface area contributed by atoms with Gasteiger partial charge >= 0.3 is 0 Å². The molecule has 0 N–H and O–H groups in total. The molecule has 170 valence electrons. The normalized spacial score (nSPS) is 16.1. The predicted octanol–water partition coefficient (Wildman–Crippen LogP) is 7.72. The van der Waals surface area contributed by atoms with Crippen LogP contribution in [0.1, 0.15) is 40.4 Å². The lowest BCUT2D eigenvalue weighted by molar-refractivity contribution is -0.384. The second kappa shape index (κ2) is 8.41. The van der Waals surface area contributed by atoms with Gasteiger partial charge < -0.3 is 4.42 Å². The number of rotatable bonds is 5. The summed E-state index contributed by atoms with van der Waals surface area (Å²) in [5.41, 5.74) is 4.99. The van der Waals surface area contributed by atoms with Crippen LogP contribution in [0, 0.1) is 10.1 Å². The third-order valence-electron chi connectivity index (χ3n) is 7.11. The first kappa shape index (κ1) is 21.1. The molecular formula is C31H23NO3. The van der Waals surface area contributed by atoms with E-state index in [0.29, 0.717) is 11.3 Å². The zero-order valence-electron chi connectivity index (χ0n) is 19.0. The van der Waals surface area contributed by atoms with Crippen LogP contribution < -0.4 is 0 Å². The van der Waals surface area contributed by atoms with Crippen LogP contribution in [0.4, 0.5) is 5.69 Å². The highest BCUT2D eigenvalue weighted by Crippen LogP contribution is 2.57. The van der Waals surface area contributed by atoms with Crippen LogP contribution in [0.2, 0.25) is 0 Å². The summed E-state index contributed by atoms with van der Waals surface area (Å²) in [5, 5.41) is 11.4. The molecule has 0 spiro atoms. The quantitative estimate of drug-likeness (QED) is 0.200. The molecule has 6 rings (SSSR count). The summed E-state index contributed by atoms with van der Waals surface area (Å²) >= 11 is 0. The molecule has 4 heteroatoms. The van der Waals surface area contributed by atoms with Gasteiger partial charge in [-0.15, -0.1) is 0 Å². The van der Waals surface area contributed by atoms with Gasteiger partial charge in [-0.2, -0.15) is 0 Å². The third kappa shape index (κ3) is 3.46. The molecule has 0 aliphatic heterocycles. The Balaban J connectivity index is 1.62. The van der Waals surface area contributed by atoms with Gasteiger partial charge in [0.25, 0.3) is 5.69 Å². The fourth-order valence-corrected chi connectivity index (χ4v) is 5.51. The molecule has 0 fully saturated rings. The van der Waals surface area contributed by atoms with Crippen molar-refractivity contribution in [1.29, 1.82) is 0 Å². The van der Waals surface area contributed by atoms with Crippen molar-refractivity contribution in [1.82, 2.24) is 0 Å². The number of hydrogen-bond acceptors (Lipinski definition) is 3. The number of hydrogen-bond donors (Lipinski definition) is 0. The number of nitro benzene ring substituents is 1. The van der Waals surface area contributed by atoms with Gasteiger partial charge in [-0.25, -0.2) is 0 Å². The van der Waals surface area contributed by atoms with E-state index in [1.807, 2.05) is 24.3 Å². The Kier molecular flexibility index (Phi) is 5.07. The Hall–Kier alpha value is -4.44. The maximum atomic E-state index is 11.4. The van der Waals surface area contributed by atoms with Crippen LogP contribution in [0.15, 0.2) is 126 Å². The van der Waals surface area contributed by atoms with Crippen LogP contribution in [-0.2, 0) is 5.41 Å². The van der Waals surface area contributed by atoms with E-state index in [1.165, 1.54) is 22.8 Å². The van der Waals surface area contributed by atoms with Crippen LogP contribution >= 0.6 is 0 Å². The van der Waals surface area contributed by atoms with Crippen molar-refractivity contribution in [2.24, 2.45) is 0 Å². The molecule has 0 saturated heterocycles. The largest absolute Gasteiger partial charge is 0.459 e. The van der Waals surface area contributed by atoms with Crippen molar-refractivity contribution in [3.8, 4) is 11.3 Å². The average molecular weight is 458 g/mol. The Bertz CT molecular complexity index is 1450. The van der Waals surface area contributed by atoms with Crippen molar-refractivity contribution < 1.29 is 9.34 Å². The zero-order chi connectivity index (χ0) is 23.8. The van der Waals surface area contributed by atoms with E-state index in [4.69, 9.17) is 4.42 Å². The summed E-state index contributed by atoms with van der Waals surface area (Å²) < 4.78 is 6.70. The molecule has 4 aromatic carbocycles. The minimum Gasteiger partial charge on any atom is -0.459 e. The van der Waals surface area contributed by atoms with E-state index in [0.717, 1.165) is 17.7 Å². The summed E-state index contributed by atoms with van der Waals surface area (Å²) in [7, 11) is 0. The third-order valence-corrected chi connectivity index (χ3v) is 7.11. The molecule has 35 heavy (non-hydrogen) atoms. The number of fused-ring (bicyclic) bond motifs is 1. The van der Waals surface area contributed by atoms with Crippen LogP contribution in [0.25, 0.3) is 11.3 Å². The van der Waals surface area contributed by atoms with Gasteiger partial charge in [0.1, 0.15) is 11.5 Å². The van der Waals surface area contributed by atoms with E-state index < -0.39 is 5.41 Å². The topological polar surface area (TPSA) is 56.3 Å². The Morgan fingerprint density at radius 2 is 1.34 bits per heavy atom. The van der Waals surface area contributed by atoms with Gasteiger partial charge in [0.2, 0.25) is 0 Å². The van der Waals surface area contributed by atoms with Crippen molar-refractivity contribution in [3.05, 3.63) is 159 Å². The van der Waals surface area contributed by atoms with Gasteiger partial charge in [-0.05, 0) is 29.2 Å². The lowest BCUT2D eigenvalue weighted by Crippen LogP contribution is -2.26. The molecule has 4 nitrogen and oxygen atoms in total. The highest BCUT2D eigenvalue weighted by atomic mass is 16.6. The predicted molar refractivity (Wildman–Crippen MR) is 136 cm³/mol. The smallest absolute Gasteiger partial charge is 0.270 e. The Labute approximate surface area is 203 Å². The van der Waals surface area contributed by atoms with E-state index in [-0.39, 0.29) is 16.5 Å². The first-order chi connectivity index (χ1) is 17.2. The summed E-state index contributed by atoms with van der Waals surface area (Å²) in [6, 6.07) is 40.3. The molecule has 0 amide bonds. The number of nitro groups is 1. The Morgan fingerprint density at radius 3 is 1.94 bits per heavy atom. The van der Waals surface area contributed by atoms with E-state index in [1.54, 1.807) is 12.1 Å². The molecule has 1 aliphatic carbocycles. The summed E-state index contributed by atoms with van der Waals surface area (Å²) in [6.45, 7) is 0. The SMILES string of the molecule is O=[N+]([O-])c1cccc(-c2cc3c(o2)C(c2ccccc2)(c2ccccc2)CC3c2ccccc2)c1. The van der Waals surface area contributed by atoms with Crippen molar-refractivity contribution >= 4 is 5.69 Å². The molecule has 0 bridgehead atoms. The number of benzene rings is 4. The van der Waals surface area contributed by atoms with Crippen LogP contribution in [0.3, 0.4) is 0 Å². The molecule has 1 unspecified atom stereocenters. The zero-order valence-corrected chi connectivity index (χ0v) is 19.0. The molecule has 1 aromatic heterocycles. The van der Waals surface area contributed by atoms with E-state index >= 15 is 0 Å². The van der Waals surface area contributed by atoms with Crippen LogP contribution in [-0.4, -0.2) is 4.92 Å². The molecule has 1 atom stereocenters. The summed E-state index contributed by atoms with van der Waals surface area (Å²) in [6.07, 6.45) is 0.842. The van der Waals surface area contributed by atoms with E-state index in [9.17, 15) is 10.1 Å².